The fourth-order valence-electron chi connectivity index (χ4n) is 8.52. The molecule has 230 valence electrons. The third-order valence-electron chi connectivity index (χ3n) is 11.4. The number of hydrogen-bond donors (Lipinski definition) is 0. The maximum absolute atomic E-state index is 13.8. The molecule has 2 unspecified atom stereocenters. The van der Waals surface area contributed by atoms with Crippen LogP contribution in [0.25, 0.3) is 33.5 Å². The predicted octanol–water partition coefficient (Wildman–Crippen LogP) is 6.21. The molecule has 0 N–H and O–H groups in total. The number of imidazole rings is 1. The average Bonchev–Trinajstić information content (AvgIpc) is 3.44. The monoisotopic (exact) mass is 593 g/mol. The van der Waals surface area contributed by atoms with Crippen LogP contribution in [0.5, 0.6) is 5.75 Å². The summed E-state index contributed by atoms with van der Waals surface area (Å²) in [7, 11) is 3.74. The van der Waals surface area contributed by atoms with E-state index in [1.54, 1.807) is 14.0 Å². The number of fused-ring (bicyclic) bond motifs is 4. The summed E-state index contributed by atoms with van der Waals surface area (Å²) in [6.07, 6.45) is 6.88. The van der Waals surface area contributed by atoms with Crippen LogP contribution in [-0.4, -0.2) is 68.5 Å². The van der Waals surface area contributed by atoms with Gasteiger partial charge < -0.3 is 23.7 Å². The summed E-state index contributed by atoms with van der Waals surface area (Å²) < 4.78 is 10.5. The number of methoxy groups -OCH3 is 1. The zero-order valence-corrected chi connectivity index (χ0v) is 26.4. The minimum Gasteiger partial charge on any atom is -0.494 e. The van der Waals surface area contributed by atoms with Crippen molar-refractivity contribution in [2.45, 2.75) is 70.9 Å². The van der Waals surface area contributed by atoms with E-state index in [1.165, 1.54) is 35.7 Å². The number of rotatable bonds is 6. The Morgan fingerprint density at radius 2 is 1.80 bits per heavy atom. The van der Waals surface area contributed by atoms with Crippen LogP contribution in [0.3, 0.4) is 0 Å². The van der Waals surface area contributed by atoms with Gasteiger partial charge in [-0.1, -0.05) is 19.1 Å². The molecule has 44 heavy (non-hydrogen) atoms. The van der Waals surface area contributed by atoms with Gasteiger partial charge in [-0.15, -0.1) is 0 Å². The quantitative estimate of drug-likeness (QED) is 0.267. The van der Waals surface area contributed by atoms with E-state index in [4.69, 9.17) is 9.72 Å². The molecule has 8 rings (SSSR count). The van der Waals surface area contributed by atoms with Crippen LogP contribution >= 0.6 is 0 Å². The SMILES string of the molecule is COc1cc(C(=O)N2CC3CCC2[C@@H]3C)cc2nc(-c3cc4ccc(C5CCN(C(C)=O)CC5)cc4n3CC3CC3)n(C)c12. The van der Waals surface area contributed by atoms with Gasteiger partial charge in [-0.05, 0) is 92.0 Å². The molecule has 4 aliphatic rings. The Kier molecular flexibility index (Phi) is 6.54. The summed E-state index contributed by atoms with van der Waals surface area (Å²) >= 11 is 0. The average molecular weight is 594 g/mol. The van der Waals surface area contributed by atoms with Crippen LogP contribution in [-0.2, 0) is 18.4 Å². The molecule has 8 heteroatoms. The summed E-state index contributed by atoms with van der Waals surface area (Å²) in [4.78, 5) is 34.9. The minimum atomic E-state index is 0.0981. The fraction of sp³-hybridized carbons (Fsp3) is 0.528. The van der Waals surface area contributed by atoms with E-state index in [-0.39, 0.29) is 11.8 Å². The van der Waals surface area contributed by atoms with Crippen molar-refractivity contribution in [3.05, 3.63) is 47.5 Å². The number of aryl methyl sites for hydroxylation is 1. The molecule has 2 amide bonds. The Morgan fingerprint density at radius 3 is 2.45 bits per heavy atom. The Labute approximate surface area is 259 Å². The molecule has 2 aliphatic heterocycles. The van der Waals surface area contributed by atoms with Crippen molar-refractivity contribution in [2.75, 3.05) is 26.7 Å². The maximum Gasteiger partial charge on any atom is 0.254 e. The van der Waals surface area contributed by atoms with Crippen molar-refractivity contribution in [1.29, 1.82) is 0 Å². The maximum atomic E-state index is 13.8. The van der Waals surface area contributed by atoms with Gasteiger partial charge in [0.05, 0.1) is 18.3 Å². The zero-order chi connectivity index (χ0) is 30.3. The first-order valence-corrected chi connectivity index (χ1v) is 16.5. The van der Waals surface area contributed by atoms with E-state index in [9.17, 15) is 9.59 Å². The topological polar surface area (TPSA) is 72.6 Å². The summed E-state index contributed by atoms with van der Waals surface area (Å²) in [5, 5.41) is 1.22. The van der Waals surface area contributed by atoms with Gasteiger partial charge >= 0.3 is 0 Å². The molecule has 2 saturated carbocycles. The highest BCUT2D eigenvalue weighted by Gasteiger charge is 2.46. The van der Waals surface area contributed by atoms with Gasteiger partial charge in [0.15, 0.2) is 5.82 Å². The van der Waals surface area contributed by atoms with Gasteiger partial charge in [0.25, 0.3) is 5.91 Å². The van der Waals surface area contributed by atoms with E-state index in [0.717, 1.165) is 68.0 Å². The summed E-state index contributed by atoms with van der Waals surface area (Å²) in [5.74, 6) is 4.21. The smallest absolute Gasteiger partial charge is 0.254 e. The second-order valence-corrected chi connectivity index (χ2v) is 13.9. The second-order valence-electron chi connectivity index (χ2n) is 13.9. The number of ether oxygens (including phenoxy) is 1. The van der Waals surface area contributed by atoms with Gasteiger partial charge in [-0.25, -0.2) is 4.98 Å². The number of piperidine rings is 2. The van der Waals surface area contributed by atoms with E-state index in [1.807, 2.05) is 17.0 Å². The van der Waals surface area contributed by atoms with Crippen LogP contribution in [0.1, 0.15) is 74.2 Å². The number of amides is 2. The lowest BCUT2D eigenvalue weighted by Gasteiger charge is -2.31. The molecule has 2 aliphatic carbocycles. The minimum absolute atomic E-state index is 0.0981. The second kappa shape index (κ2) is 10.4. The summed E-state index contributed by atoms with van der Waals surface area (Å²) in [5.41, 5.74) is 6.10. The van der Waals surface area contributed by atoms with E-state index < -0.39 is 0 Å². The van der Waals surface area contributed by atoms with Gasteiger partial charge in [0, 0.05) is 62.7 Å². The molecule has 2 saturated heterocycles. The van der Waals surface area contributed by atoms with Crippen molar-refractivity contribution in [1.82, 2.24) is 23.9 Å². The molecule has 0 radical (unpaired) electrons. The lowest BCUT2D eigenvalue weighted by atomic mass is 9.89. The molecule has 2 aromatic heterocycles. The van der Waals surface area contributed by atoms with Crippen molar-refractivity contribution in [3.8, 4) is 17.3 Å². The number of benzene rings is 2. The molecular formula is C36H43N5O3. The van der Waals surface area contributed by atoms with Crippen LogP contribution < -0.4 is 4.74 Å². The number of carbonyl (C=O) groups is 2. The zero-order valence-electron chi connectivity index (χ0n) is 26.4. The molecule has 4 fully saturated rings. The summed E-state index contributed by atoms with van der Waals surface area (Å²) in [6, 6.07) is 13.4. The van der Waals surface area contributed by atoms with E-state index in [2.05, 4.69) is 52.3 Å². The summed E-state index contributed by atoms with van der Waals surface area (Å²) in [6.45, 7) is 7.46. The highest BCUT2D eigenvalue weighted by Crippen LogP contribution is 2.44. The standard InChI is InChI=1S/C36H43N5O3/c1-21-27-9-10-30(21)41(20-27)36(43)28-15-29-34(33(18-28)44-4)38(3)35(37-29)32-17-26-8-7-25(16-31(26)40(32)19-23-5-6-23)24-11-13-39(14-12-24)22(2)42/h7-8,15-18,21,23-24,27,30H,5-6,9-14,19-20H2,1-4H3/t21-,27?,30?/m1/s1. The Balaban J connectivity index is 1.18. The first-order valence-electron chi connectivity index (χ1n) is 16.5. The van der Waals surface area contributed by atoms with Gasteiger partial charge in [0.1, 0.15) is 11.3 Å². The number of likely N-dealkylation sites (tertiary alicyclic amines) is 2. The van der Waals surface area contributed by atoms with E-state index in [0.29, 0.717) is 41.0 Å². The first kappa shape index (κ1) is 27.7. The molecule has 4 heterocycles. The van der Waals surface area contributed by atoms with Crippen LogP contribution in [0.2, 0.25) is 0 Å². The van der Waals surface area contributed by atoms with Crippen LogP contribution in [0.4, 0.5) is 0 Å². The van der Waals surface area contributed by atoms with Gasteiger partial charge in [-0.2, -0.15) is 0 Å². The number of aromatic nitrogens is 3. The lowest BCUT2D eigenvalue weighted by molar-refractivity contribution is -0.129. The van der Waals surface area contributed by atoms with Crippen molar-refractivity contribution in [2.24, 2.45) is 24.8 Å². The molecule has 3 atom stereocenters. The molecule has 0 spiro atoms. The molecular weight excluding hydrogens is 550 g/mol. The molecule has 2 bridgehead atoms. The number of hydrogen-bond acceptors (Lipinski definition) is 4. The van der Waals surface area contributed by atoms with Crippen LogP contribution in [0.15, 0.2) is 36.4 Å². The Bertz CT molecular complexity index is 1790. The van der Waals surface area contributed by atoms with Crippen molar-refractivity contribution < 1.29 is 14.3 Å². The van der Waals surface area contributed by atoms with Gasteiger partial charge in [0.2, 0.25) is 5.91 Å². The highest BCUT2D eigenvalue weighted by molar-refractivity contribution is 6.00. The highest BCUT2D eigenvalue weighted by atomic mass is 16.5. The Hall–Kier alpha value is -3.81. The van der Waals surface area contributed by atoms with Crippen LogP contribution in [0, 0.1) is 17.8 Å². The molecule has 4 aromatic rings. The van der Waals surface area contributed by atoms with Crippen molar-refractivity contribution >= 4 is 33.8 Å². The predicted molar refractivity (Wildman–Crippen MR) is 172 cm³/mol. The number of carbonyl (C=O) groups excluding carboxylic acids is 2. The normalized spacial score (nSPS) is 23.8. The molecule has 8 nitrogen and oxygen atoms in total. The third kappa shape index (κ3) is 4.43. The molecule has 2 aromatic carbocycles. The first-order chi connectivity index (χ1) is 21.3. The lowest BCUT2D eigenvalue weighted by Crippen LogP contribution is -2.38. The fourth-order valence-corrected chi connectivity index (χ4v) is 8.52. The van der Waals surface area contributed by atoms with Gasteiger partial charge in [-0.3, -0.25) is 9.59 Å². The largest absolute Gasteiger partial charge is 0.494 e. The third-order valence-corrected chi connectivity index (χ3v) is 11.4. The number of nitrogens with zero attached hydrogens (tertiary/aromatic N) is 5. The Morgan fingerprint density at radius 1 is 1.00 bits per heavy atom. The van der Waals surface area contributed by atoms with Crippen molar-refractivity contribution in [3.63, 3.8) is 0 Å². The van der Waals surface area contributed by atoms with E-state index >= 15 is 0 Å².